The van der Waals surface area contributed by atoms with Gasteiger partial charge in [-0.15, -0.1) is 0 Å². The predicted molar refractivity (Wildman–Crippen MR) is 79.8 cm³/mol. The van der Waals surface area contributed by atoms with Gasteiger partial charge in [0.25, 0.3) is 0 Å². The van der Waals surface area contributed by atoms with Crippen LogP contribution in [0, 0.1) is 6.92 Å². The van der Waals surface area contributed by atoms with Gasteiger partial charge in [0.05, 0.1) is 6.61 Å². The molecule has 1 aliphatic rings. The Morgan fingerprint density at radius 1 is 1.26 bits per heavy atom. The number of aliphatic hydroxyl groups is 1. The van der Waals surface area contributed by atoms with E-state index in [0.29, 0.717) is 0 Å². The lowest BCUT2D eigenvalue weighted by Gasteiger charge is -2.37. The van der Waals surface area contributed by atoms with Crippen molar-refractivity contribution in [2.75, 3.05) is 51.3 Å². The van der Waals surface area contributed by atoms with Gasteiger partial charge in [0.2, 0.25) is 0 Å². The number of piperazine rings is 1. The van der Waals surface area contributed by atoms with Gasteiger partial charge in [0, 0.05) is 44.5 Å². The maximum Gasteiger partial charge on any atom is 0.0597 e. The number of benzene rings is 1. The Morgan fingerprint density at radius 3 is 2.58 bits per heavy atom. The van der Waals surface area contributed by atoms with Gasteiger partial charge in [-0.1, -0.05) is 12.1 Å². The molecule has 0 amide bonds. The third kappa shape index (κ3) is 3.93. The third-order valence-electron chi connectivity index (χ3n) is 3.85. The molecule has 0 spiro atoms. The summed E-state index contributed by atoms with van der Waals surface area (Å²) in [5.41, 5.74) is 2.64. The fourth-order valence-corrected chi connectivity index (χ4v) is 2.57. The van der Waals surface area contributed by atoms with Crippen molar-refractivity contribution in [3.63, 3.8) is 0 Å². The van der Waals surface area contributed by atoms with E-state index in [0.717, 1.165) is 32.7 Å². The maximum atomic E-state index is 9.22. The van der Waals surface area contributed by atoms with Gasteiger partial charge in [-0.2, -0.15) is 0 Å². The number of nitrogens with zero attached hydrogens (tertiary/aromatic N) is 2. The summed E-state index contributed by atoms with van der Waals surface area (Å²) in [6, 6.07) is 8.88. The van der Waals surface area contributed by atoms with E-state index in [-0.39, 0.29) is 12.6 Å². The zero-order chi connectivity index (χ0) is 13.7. The van der Waals surface area contributed by atoms with E-state index < -0.39 is 0 Å². The molecule has 1 aromatic carbocycles. The summed E-state index contributed by atoms with van der Waals surface area (Å²) in [4.78, 5) is 4.86. The van der Waals surface area contributed by atoms with Gasteiger partial charge in [0.1, 0.15) is 0 Å². The van der Waals surface area contributed by atoms with E-state index in [1.807, 2.05) is 7.05 Å². The molecule has 1 unspecified atom stereocenters. The van der Waals surface area contributed by atoms with Crippen LogP contribution < -0.4 is 10.2 Å². The minimum absolute atomic E-state index is 0.186. The van der Waals surface area contributed by atoms with Crippen LogP contribution in [0.2, 0.25) is 0 Å². The van der Waals surface area contributed by atoms with Crippen molar-refractivity contribution in [2.45, 2.75) is 13.0 Å². The highest BCUT2D eigenvalue weighted by Gasteiger charge is 2.19. The van der Waals surface area contributed by atoms with Gasteiger partial charge >= 0.3 is 0 Å². The van der Waals surface area contributed by atoms with Crippen LogP contribution in [-0.2, 0) is 0 Å². The molecule has 0 aliphatic carbocycles. The van der Waals surface area contributed by atoms with Crippen LogP contribution >= 0.6 is 0 Å². The molecule has 1 atom stereocenters. The van der Waals surface area contributed by atoms with E-state index in [9.17, 15) is 5.11 Å². The number of aryl methyl sites for hydroxylation is 1. The minimum Gasteiger partial charge on any atom is -0.395 e. The van der Waals surface area contributed by atoms with E-state index in [1.54, 1.807) is 0 Å². The third-order valence-corrected chi connectivity index (χ3v) is 3.85. The molecule has 0 radical (unpaired) electrons. The number of hydrogen-bond acceptors (Lipinski definition) is 4. The van der Waals surface area contributed by atoms with Gasteiger partial charge in [-0.05, 0) is 31.7 Å². The van der Waals surface area contributed by atoms with E-state index in [4.69, 9.17) is 0 Å². The summed E-state index contributed by atoms with van der Waals surface area (Å²) in [5, 5.41) is 12.4. The summed E-state index contributed by atoms with van der Waals surface area (Å²) in [6.07, 6.45) is 0. The molecule has 1 saturated heterocycles. The largest absolute Gasteiger partial charge is 0.395 e. The molecule has 106 valence electrons. The molecule has 4 heteroatoms. The minimum atomic E-state index is 0.186. The van der Waals surface area contributed by atoms with Crippen molar-refractivity contribution < 1.29 is 5.11 Å². The van der Waals surface area contributed by atoms with Crippen LogP contribution in [0.15, 0.2) is 24.3 Å². The van der Waals surface area contributed by atoms with Crippen molar-refractivity contribution in [1.29, 1.82) is 0 Å². The van der Waals surface area contributed by atoms with Gasteiger partial charge in [0.15, 0.2) is 0 Å². The van der Waals surface area contributed by atoms with Gasteiger partial charge in [-0.25, -0.2) is 0 Å². The Kier molecular flexibility index (Phi) is 5.19. The lowest BCUT2D eigenvalue weighted by atomic mass is 10.2. The van der Waals surface area contributed by atoms with Crippen LogP contribution in [-0.4, -0.2) is 62.4 Å². The Labute approximate surface area is 116 Å². The Hall–Kier alpha value is -1.10. The van der Waals surface area contributed by atoms with Crippen molar-refractivity contribution in [3.8, 4) is 0 Å². The molecule has 1 aliphatic heterocycles. The van der Waals surface area contributed by atoms with Crippen LogP contribution in [0.5, 0.6) is 0 Å². The molecule has 0 bridgehead atoms. The first-order valence-electron chi connectivity index (χ1n) is 7.05. The predicted octanol–water partition coefficient (Wildman–Crippen LogP) is 0.697. The molecule has 2 rings (SSSR count). The van der Waals surface area contributed by atoms with Crippen LogP contribution in [0.4, 0.5) is 5.69 Å². The van der Waals surface area contributed by atoms with Crippen LogP contribution in [0.25, 0.3) is 0 Å². The van der Waals surface area contributed by atoms with Crippen molar-refractivity contribution >= 4 is 5.69 Å². The Balaban J connectivity index is 1.85. The quantitative estimate of drug-likeness (QED) is 0.820. The number of anilines is 1. The fraction of sp³-hybridized carbons (Fsp3) is 0.600. The van der Waals surface area contributed by atoms with Crippen molar-refractivity contribution in [1.82, 2.24) is 10.2 Å². The number of hydrogen-bond donors (Lipinski definition) is 2. The van der Waals surface area contributed by atoms with E-state index in [2.05, 4.69) is 46.3 Å². The highest BCUT2D eigenvalue weighted by Crippen LogP contribution is 2.17. The first-order valence-corrected chi connectivity index (χ1v) is 7.05. The van der Waals surface area contributed by atoms with Crippen molar-refractivity contribution in [2.24, 2.45) is 0 Å². The summed E-state index contributed by atoms with van der Waals surface area (Å²) < 4.78 is 0. The Bertz CT molecular complexity index is 385. The number of nitrogens with one attached hydrogen (secondary N) is 1. The molecule has 1 fully saturated rings. The SMILES string of the molecule is CNC(CO)CN1CCN(c2cccc(C)c2)CC1. The van der Waals surface area contributed by atoms with Crippen molar-refractivity contribution in [3.05, 3.63) is 29.8 Å². The number of rotatable bonds is 5. The summed E-state index contributed by atoms with van der Waals surface area (Å²) >= 11 is 0. The van der Waals surface area contributed by atoms with Gasteiger partial charge < -0.3 is 15.3 Å². The normalized spacial score (nSPS) is 18.6. The average Bonchev–Trinajstić information content (AvgIpc) is 2.45. The zero-order valence-electron chi connectivity index (χ0n) is 12.0. The molecule has 2 N–H and O–H groups in total. The second kappa shape index (κ2) is 6.89. The molecule has 0 saturated carbocycles. The van der Waals surface area contributed by atoms with E-state index >= 15 is 0 Å². The number of aliphatic hydroxyl groups excluding tert-OH is 1. The average molecular weight is 263 g/mol. The van der Waals surface area contributed by atoms with Crippen LogP contribution in [0.1, 0.15) is 5.56 Å². The smallest absolute Gasteiger partial charge is 0.0597 e. The topological polar surface area (TPSA) is 38.7 Å². The molecular formula is C15H25N3O. The standard InChI is InChI=1S/C15H25N3O/c1-13-4-3-5-15(10-13)18-8-6-17(7-9-18)11-14(12-19)16-2/h3-5,10,14,16,19H,6-9,11-12H2,1-2H3. The first kappa shape index (κ1) is 14.3. The lowest BCUT2D eigenvalue weighted by molar-refractivity contribution is 0.180. The monoisotopic (exact) mass is 263 g/mol. The highest BCUT2D eigenvalue weighted by atomic mass is 16.3. The fourth-order valence-electron chi connectivity index (χ4n) is 2.57. The van der Waals surface area contributed by atoms with Crippen LogP contribution in [0.3, 0.4) is 0 Å². The Morgan fingerprint density at radius 2 is 2.00 bits per heavy atom. The summed E-state index contributed by atoms with van der Waals surface area (Å²) in [7, 11) is 1.91. The maximum absolute atomic E-state index is 9.22. The highest BCUT2D eigenvalue weighted by molar-refractivity contribution is 5.48. The molecular weight excluding hydrogens is 238 g/mol. The summed E-state index contributed by atoms with van der Waals surface area (Å²) in [6.45, 7) is 7.51. The zero-order valence-corrected chi connectivity index (χ0v) is 12.0. The molecule has 1 heterocycles. The first-order chi connectivity index (χ1) is 9.22. The summed E-state index contributed by atoms with van der Waals surface area (Å²) in [5.74, 6) is 0. The molecule has 19 heavy (non-hydrogen) atoms. The second-order valence-corrected chi connectivity index (χ2v) is 5.29. The molecule has 1 aromatic rings. The van der Waals surface area contributed by atoms with E-state index in [1.165, 1.54) is 11.3 Å². The van der Waals surface area contributed by atoms with Gasteiger partial charge in [-0.3, -0.25) is 4.90 Å². The second-order valence-electron chi connectivity index (χ2n) is 5.29. The molecule has 0 aromatic heterocycles. The lowest BCUT2D eigenvalue weighted by Crippen LogP contribution is -2.51. The number of likely N-dealkylation sites (N-methyl/N-ethyl adjacent to an activating group) is 1. The molecule has 4 nitrogen and oxygen atoms in total.